The first-order chi connectivity index (χ1) is 8.08. The average Bonchev–Trinajstić information content (AvgIpc) is 2.75. The van der Waals surface area contributed by atoms with Crippen LogP contribution in [0.5, 0.6) is 0 Å². The lowest BCUT2D eigenvalue weighted by Crippen LogP contribution is -2.03. The fraction of sp³-hybridized carbons (Fsp3) is 0.0833. The molecule has 1 aromatic carbocycles. The molecule has 2 N–H and O–H groups in total. The van der Waals surface area contributed by atoms with Crippen LogP contribution in [-0.4, -0.2) is 20.6 Å². The van der Waals surface area contributed by atoms with Crippen LogP contribution >= 0.6 is 15.9 Å². The lowest BCUT2D eigenvalue weighted by Gasteiger charge is -1.99. The number of carbonyl (C=O) groups is 1. The monoisotopic (exact) mass is 292 g/mol. The molecule has 0 saturated carbocycles. The summed E-state index contributed by atoms with van der Waals surface area (Å²) in [7, 11) is 1.76. The van der Waals surface area contributed by atoms with E-state index >= 15 is 0 Å². The number of carboxylic acids is 1. The third-order valence-corrected chi connectivity index (χ3v) is 3.45. The van der Waals surface area contributed by atoms with Gasteiger partial charge in [0.15, 0.2) is 0 Å². The van der Waals surface area contributed by atoms with Crippen molar-refractivity contribution in [3.63, 3.8) is 0 Å². The molecule has 0 saturated heterocycles. The molecule has 0 atom stereocenters. The summed E-state index contributed by atoms with van der Waals surface area (Å²) in [5.74, 6) is -0.914. The van der Waals surface area contributed by atoms with Crippen molar-refractivity contribution in [2.24, 2.45) is 7.05 Å². The fourth-order valence-electron chi connectivity index (χ4n) is 2.20. The summed E-state index contributed by atoms with van der Waals surface area (Å²) in [4.78, 5) is 14.3. The van der Waals surface area contributed by atoms with Crippen LogP contribution in [-0.2, 0) is 7.05 Å². The Balaban J connectivity index is 2.46. The summed E-state index contributed by atoms with van der Waals surface area (Å²) in [6.07, 6.45) is 0. The Kier molecular flexibility index (Phi) is 2.06. The van der Waals surface area contributed by atoms with Crippen molar-refractivity contribution in [2.75, 3.05) is 0 Å². The lowest BCUT2D eigenvalue weighted by atomic mass is 10.2. The molecule has 0 unspecified atom stereocenters. The molecule has 0 amide bonds. The standard InChI is InChI=1S/C12H9BrN2O2/c1-15-10(12(16)17)5-9-11(15)7-3-2-6(13)4-8(7)14-9/h2-5,14H,1H3,(H,16,17). The van der Waals surface area contributed by atoms with Crippen LogP contribution in [0.4, 0.5) is 0 Å². The highest BCUT2D eigenvalue weighted by atomic mass is 79.9. The number of fused-ring (bicyclic) bond motifs is 3. The van der Waals surface area contributed by atoms with Gasteiger partial charge in [-0.05, 0) is 24.3 Å². The zero-order chi connectivity index (χ0) is 12.2. The van der Waals surface area contributed by atoms with Gasteiger partial charge < -0.3 is 14.7 Å². The Bertz CT molecular complexity index is 755. The SMILES string of the molecule is Cn1c(C(=O)O)cc2[nH]c3cc(Br)ccc3c21. The van der Waals surface area contributed by atoms with E-state index in [2.05, 4.69) is 20.9 Å². The first-order valence-electron chi connectivity index (χ1n) is 5.08. The van der Waals surface area contributed by atoms with E-state index in [0.717, 1.165) is 26.4 Å². The fourth-order valence-corrected chi connectivity index (χ4v) is 2.56. The summed E-state index contributed by atoms with van der Waals surface area (Å²) in [5.41, 5.74) is 3.05. The van der Waals surface area contributed by atoms with Crippen LogP contribution in [0.1, 0.15) is 10.5 Å². The number of aromatic amines is 1. The smallest absolute Gasteiger partial charge is 0.352 e. The number of hydrogen-bond donors (Lipinski definition) is 2. The molecule has 17 heavy (non-hydrogen) atoms. The summed E-state index contributed by atoms with van der Waals surface area (Å²) in [5, 5.41) is 10.1. The minimum Gasteiger partial charge on any atom is -0.477 e. The van der Waals surface area contributed by atoms with Gasteiger partial charge in [0.25, 0.3) is 0 Å². The van der Waals surface area contributed by atoms with E-state index in [0.29, 0.717) is 0 Å². The maximum Gasteiger partial charge on any atom is 0.352 e. The molecule has 0 fully saturated rings. The van der Waals surface area contributed by atoms with Gasteiger partial charge in [-0.2, -0.15) is 0 Å². The van der Waals surface area contributed by atoms with E-state index in [9.17, 15) is 4.79 Å². The Morgan fingerprint density at radius 1 is 1.35 bits per heavy atom. The van der Waals surface area contributed by atoms with Crippen LogP contribution < -0.4 is 0 Å². The van der Waals surface area contributed by atoms with E-state index in [4.69, 9.17) is 5.11 Å². The van der Waals surface area contributed by atoms with Crippen LogP contribution in [0.25, 0.3) is 21.9 Å². The van der Waals surface area contributed by atoms with Crippen molar-refractivity contribution in [2.45, 2.75) is 0 Å². The Morgan fingerprint density at radius 3 is 2.82 bits per heavy atom. The minimum atomic E-state index is -0.914. The molecule has 0 spiro atoms. The maximum atomic E-state index is 11.0. The van der Waals surface area contributed by atoms with E-state index in [1.54, 1.807) is 17.7 Å². The molecule has 0 radical (unpaired) electrons. The highest BCUT2D eigenvalue weighted by Gasteiger charge is 2.15. The largest absolute Gasteiger partial charge is 0.477 e. The number of aromatic carboxylic acids is 1. The maximum absolute atomic E-state index is 11.0. The van der Waals surface area contributed by atoms with Crippen molar-refractivity contribution in [3.8, 4) is 0 Å². The molecule has 3 rings (SSSR count). The van der Waals surface area contributed by atoms with E-state index in [1.807, 2.05) is 18.2 Å². The van der Waals surface area contributed by atoms with Crippen LogP contribution in [0.15, 0.2) is 28.7 Å². The number of nitrogens with one attached hydrogen (secondary N) is 1. The van der Waals surface area contributed by atoms with Gasteiger partial charge in [-0.1, -0.05) is 15.9 Å². The second-order valence-corrected chi connectivity index (χ2v) is 4.89. The second kappa shape index (κ2) is 3.37. The summed E-state index contributed by atoms with van der Waals surface area (Å²) < 4.78 is 2.69. The molecule has 2 aromatic heterocycles. The number of hydrogen-bond acceptors (Lipinski definition) is 1. The summed E-state index contributed by atoms with van der Waals surface area (Å²) in [6, 6.07) is 7.56. The molecule has 0 aliphatic heterocycles. The Hall–Kier alpha value is -1.75. The number of rotatable bonds is 1. The highest BCUT2D eigenvalue weighted by Crippen LogP contribution is 2.29. The molecule has 86 valence electrons. The van der Waals surface area contributed by atoms with Gasteiger partial charge >= 0.3 is 5.97 Å². The number of H-pyrrole nitrogens is 1. The third-order valence-electron chi connectivity index (χ3n) is 2.96. The average molecular weight is 293 g/mol. The first-order valence-corrected chi connectivity index (χ1v) is 5.87. The van der Waals surface area contributed by atoms with Crippen molar-refractivity contribution < 1.29 is 9.90 Å². The molecular formula is C12H9BrN2O2. The minimum absolute atomic E-state index is 0.288. The highest BCUT2D eigenvalue weighted by molar-refractivity contribution is 9.10. The lowest BCUT2D eigenvalue weighted by molar-refractivity contribution is 0.0687. The number of halogens is 1. The van der Waals surface area contributed by atoms with Crippen molar-refractivity contribution >= 4 is 43.8 Å². The van der Waals surface area contributed by atoms with Crippen molar-refractivity contribution in [1.29, 1.82) is 0 Å². The molecular weight excluding hydrogens is 284 g/mol. The normalized spacial score (nSPS) is 11.4. The van der Waals surface area contributed by atoms with Crippen LogP contribution in [0, 0.1) is 0 Å². The van der Waals surface area contributed by atoms with E-state index in [1.165, 1.54) is 0 Å². The van der Waals surface area contributed by atoms with E-state index in [-0.39, 0.29) is 5.69 Å². The van der Waals surface area contributed by atoms with E-state index < -0.39 is 5.97 Å². The molecule has 3 aromatic rings. The zero-order valence-electron chi connectivity index (χ0n) is 8.99. The first kappa shape index (κ1) is 10.4. The Morgan fingerprint density at radius 2 is 2.12 bits per heavy atom. The van der Waals surface area contributed by atoms with Gasteiger partial charge in [0, 0.05) is 22.4 Å². The van der Waals surface area contributed by atoms with Crippen LogP contribution in [0.3, 0.4) is 0 Å². The zero-order valence-corrected chi connectivity index (χ0v) is 10.6. The van der Waals surface area contributed by atoms with Gasteiger partial charge in [0.2, 0.25) is 0 Å². The molecule has 2 heterocycles. The van der Waals surface area contributed by atoms with Gasteiger partial charge in [-0.25, -0.2) is 4.79 Å². The molecule has 0 bridgehead atoms. The number of benzene rings is 1. The van der Waals surface area contributed by atoms with Gasteiger partial charge in [0.05, 0.1) is 11.0 Å². The van der Waals surface area contributed by atoms with Crippen LogP contribution in [0.2, 0.25) is 0 Å². The van der Waals surface area contributed by atoms with Crippen molar-refractivity contribution in [1.82, 2.24) is 9.55 Å². The number of carboxylic acid groups (broad SMARTS) is 1. The second-order valence-electron chi connectivity index (χ2n) is 3.97. The quantitative estimate of drug-likeness (QED) is 0.724. The molecule has 0 aliphatic carbocycles. The van der Waals surface area contributed by atoms with Gasteiger partial charge in [0.1, 0.15) is 5.69 Å². The predicted octanol–water partition coefficient (Wildman–Crippen LogP) is 3.12. The summed E-state index contributed by atoms with van der Waals surface area (Å²) in [6.45, 7) is 0. The summed E-state index contributed by atoms with van der Waals surface area (Å²) >= 11 is 3.41. The van der Waals surface area contributed by atoms with Gasteiger partial charge in [-0.15, -0.1) is 0 Å². The molecule has 4 nitrogen and oxygen atoms in total. The number of aryl methyl sites for hydroxylation is 1. The number of aromatic nitrogens is 2. The topological polar surface area (TPSA) is 58.0 Å². The molecule has 0 aliphatic rings. The third kappa shape index (κ3) is 1.39. The Labute approximate surface area is 105 Å². The molecule has 5 heteroatoms. The van der Waals surface area contributed by atoms with Gasteiger partial charge in [-0.3, -0.25) is 0 Å². The number of nitrogens with zero attached hydrogens (tertiary/aromatic N) is 1. The predicted molar refractivity (Wildman–Crippen MR) is 69.4 cm³/mol. The van der Waals surface area contributed by atoms with Crippen molar-refractivity contribution in [3.05, 3.63) is 34.4 Å².